The number of benzene rings is 2. The summed E-state index contributed by atoms with van der Waals surface area (Å²) in [7, 11) is -13.0. The van der Waals surface area contributed by atoms with Gasteiger partial charge in [-0.05, 0) is 80.5 Å². The Balaban J connectivity index is 0.876. The van der Waals surface area contributed by atoms with Crippen molar-refractivity contribution < 1.29 is 137 Å². The average Bonchev–Trinajstić information content (AvgIpc) is 0.800. The van der Waals surface area contributed by atoms with Gasteiger partial charge in [-0.2, -0.15) is 21.6 Å². The third-order valence-electron chi connectivity index (χ3n) is 18.1. The number of hydrogen-bond donors (Lipinski definition) is 16. The third-order valence-corrected chi connectivity index (χ3v) is 21.9. The number of anilines is 1. The van der Waals surface area contributed by atoms with E-state index in [-0.39, 0.29) is 164 Å². The predicted octanol–water partition coefficient (Wildman–Crippen LogP) is -4.66. The Morgan fingerprint density at radius 3 is 1.72 bits per heavy atom. The van der Waals surface area contributed by atoms with Crippen LogP contribution in [0.1, 0.15) is 65.6 Å². The second-order valence-corrected chi connectivity index (χ2v) is 32.0. The molecule has 2 saturated heterocycles. The number of carbonyl (C=O) groups is 9. The minimum absolute atomic E-state index is 0.0299. The Labute approximate surface area is 668 Å². The van der Waals surface area contributed by atoms with Crippen molar-refractivity contribution in [2.24, 2.45) is 7.05 Å². The number of aryl methyl sites for hydroxylation is 3. The molecule has 5 amide bonds. The lowest BCUT2D eigenvalue weighted by Crippen LogP contribution is -2.62. The number of H-pyrrole nitrogens is 1. The van der Waals surface area contributed by atoms with Gasteiger partial charge < -0.3 is 101 Å². The molecule has 4 aromatic rings. The lowest BCUT2D eigenvalue weighted by molar-refractivity contribution is -0.257. The molecule has 2 fully saturated rings. The van der Waals surface area contributed by atoms with E-state index >= 15 is 0 Å². The van der Waals surface area contributed by atoms with E-state index in [1.165, 1.54) is 32.2 Å². The number of carboxylic acids is 4. The predicted molar refractivity (Wildman–Crippen MR) is 409 cm³/mol. The molecule has 7 atom stereocenters. The first-order valence-electron chi connectivity index (χ1n) is 36.9. The van der Waals surface area contributed by atoms with Crippen LogP contribution in [0, 0.1) is 13.8 Å². The van der Waals surface area contributed by atoms with Gasteiger partial charge in [0.1, 0.15) is 52.7 Å². The normalized spacial score (nSPS) is 18.4. The number of carboxylic acid groups (broad SMARTS) is 4. The molecule has 2 aromatic heterocycles. The molecule has 6 rings (SSSR count). The Morgan fingerprint density at radius 1 is 0.638 bits per heavy atom. The summed E-state index contributed by atoms with van der Waals surface area (Å²) in [6.45, 7) is 2.54. The SMILES string of the molecule is Cc1cc(OCCCC(=O)NCCCOCCOCCOCCCNC(=O)C(CCC(=O)NCCOC2OC(CS(=O)(=O)O)C(O)C(S(=O)(=O)O)C2O)NC(=O)CN2CCN(CC(=O)O)CCN(CC(=O)O)CCN(CC(=O)O)CC2)cc(C)c1S(=O)(=O)NC(CNC(=O)c1cn(C)c2cc(CNc3ncc[nH]3)ccc2c1=O)C(=O)O. The molecule has 44 nitrogen and oxygen atoms in total. The lowest BCUT2D eigenvalue weighted by atomic mass is 10.0. The zero-order valence-electron chi connectivity index (χ0n) is 64.3. The summed E-state index contributed by atoms with van der Waals surface area (Å²) in [6, 6.07) is 4.78. The number of rotatable bonds is 49. The summed E-state index contributed by atoms with van der Waals surface area (Å²) in [5, 5.41) is 73.7. The first kappa shape index (κ1) is 95.8. The first-order valence-corrected chi connectivity index (χ1v) is 41.5. The van der Waals surface area contributed by atoms with Gasteiger partial charge in [-0.25, -0.2) is 13.4 Å². The second kappa shape index (κ2) is 47.4. The van der Waals surface area contributed by atoms with Gasteiger partial charge in [0.25, 0.3) is 26.1 Å². The van der Waals surface area contributed by atoms with Crippen LogP contribution in [0.2, 0.25) is 0 Å². The average molecular weight is 1710 g/mol. The number of amides is 5. The Morgan fingerprint density at radius 2 is 1.18 bits per heavy atom. The molecule has 2 aromatic carbocycles. The van der Waals surface area contributed by atoms with Crippen molar-refractivity contribution in [3.63, 3.8) is 0 Å². The number of carbonyl (C=O) groups excluding carboxylic acids is 5. The molecule has 0 saturated carbocycles. The van der Waals surface area contributed by atoms with Crippen molar-refractivity contribution in [3.8, 4) is 5.75 Å². The zero-order chi connectivity index (χ0) is 85.3. The van der Waals surface area contributed by atoms with Crippen LogP contribution < -0.4 is 46.8 Å². The van der Waals surface area contributed by atoms with Crippen LogP contribution in [0.25, 0.3) is 10.9 Å². The molecule has 116 heavy (non-hydrogen) atoms. The van der Waals surface area contributed by atoms with Gasteiger partial charge in [0, 0.05) is 142 Å². The standard InChI is InChI=1S/C69H104N14O30S3/c1-44-33-47(34-45(2)63(44)115(103,104)78-51(67(98)99)37-75-65(96)49-38-79(3)52-35-46(8-9-48(52)60(49)93)36-76-69-73-14-15-74-69)111-27-4-7-54(84)70-12-5-25-108-29-31-110-32-30-109-26-6-13-72-66(97)50(10-11-55(85)71-16-28-112-68-62(95)64(116(105,106)107)61(94)53(113-68)43-114(100,101)102)77-56(86)39-80-17-19-81(40-57(87)88)21-23-83(42-59(91)92)24-22-82(20-18-80)41-58(89)90/h8-9,14-15,33-35,38,50-51,53,61-62,64,68,78,94-95H,4-7,10-13,16-32,36-37,39-43H2,1-3H3,(H,70,84)(H,71,85)(H,72,97)(H,75,96)(H,77,86)(H,87,88)(H,89,90)(H,91,92)(H,98,99)(H2,73,74,76)(H,100,101,102)(H,105,106,107). The van der Waals surface area contributed by atoms with Crippen molar-refractivity contribution >= 4 is 101 Å². The quantitative estimate of drug-likeness (QED) is 0.0146. The highest BCUT2D eigenvalue weighted by Gasteiger charge is 2.52. The number of ether oxygens (including phenoxy) is 6. The van der Waals surface area contributed by atoms with Crippen LogP contribution in [-0.2, 0) is 106 Å². The molecule has 2 aliphatic heterocycles. The molecule has 2 aliphatic rings. The minimum atomic E-state index is -5.27. The van der Waals surface area contributed by atoms with Crippen LogP contribution in [0.4, 0.5) is 5.95 Å². The number of aliphatic carboxylic acids is 4. The maximum absolute atomic E-state index is 13.9. The number of aromatic nitrogens is 3. The highest BCUT2D eigenvalue weighted by atomic mass is 32.2. The number of aliphatic hydroxyl groups is 2. The van der Waals surface area contributed by atoms with Crippen LogP contribution in [0.5, 0.6) is 5.75 Å². The molecule has 0 aliphatic carbocycles. The number of nitrogens with zero attached hydrogens (tertiary/aromatic N) is 6. The maximum atomic E-state index is 13.9. The van der Waals surface area contributed by atoms with Crippen LogP contribution in [0.3, 0.4) is 0 Å². The summed E-state index contributed by atoms with van der Waals surface area (Å²) in [5.74, 6) is -8.88. The van der Waals surface area contributed by atoms with Gasteiger partial charge in [-0.3, -0.25) is 76.7 Å². The number of imidazole rings is 1. The van der Waals surface area contributed by atoms with E-state index in [1.807, 2.05) is 0 Å². The summed E-state index contributed by atoms with van der Waals surface area (Å²) in [5.41, 5.74) is 0.907. The Bertz CT molecular complexity index is 4320. The molecule has 16 N–H and O–H groups in total. The topological polar surface area (TPSA) is 621 Å². The smallest absolute Gasteiger partial charge is 0.323 e. The van der Waals surface area contributed by atoms with Crippen molar-refractivity contribution in [1.82, 2.24) is 65.4 Å². The van der Waals surface area contributed by atoms with Gasteiger partial charge in [-0.1, -0.05) is 6.07 Å². The molecular weight excluding hydrogens is 1600 g/mol. The Kier molecular flexibility index (Phi) is 39.2. The van der Waals surface area contributed by atoms with Crippen molar-refractivity contribution in [1.29, 1.82) is 0 Å². The highest BCUT2D eigenvalue weighted by molar-refractivity contribution is 7.89. The first-order chi connectivity index (χ1) is 54.9. The molecule has 0 radical (unpaired) electrons. The van der Waals surface area contributed by atoms with Crippen molar-refractivity contribution in [2.45, 2.75) is 106 Å². The van der Waals surface area contributed by atoms with Crippen molar-refractivity contribution in [3.05, 3.63) is 81.4 Å². The second-order valence-electron chi connectivity index (χ2n) is 27.3. The number of aromatic amines is 1. The number of fused-ring (bicyclic) bond motifs is 1. The van der Waals surface area contributed by atoms with E-state index in [9.17, 15) is 113 Å². The molecule has 4 heterocycles. The number of sulfonamides is 1. The molecule has 7 unspecified atom stereocenters. The van der Waals surface area contributed by atoms with E-state index in [1.54, 1.807) is 61.8 Å². The molecule has 648 valence electrons. The van der Waals surface area contributed by atoms with E-state index in [2.05, 4.69) is 46.6 Å². The maximum Gasteiger partial charge on any atom is 0.323 e. The Hall–Kier alpha value is -9.02. The minimum Gasteiger partial charge on any atom is -0.494 e. The van der Waals surface area contributed by atoms with Crippen LogP contribution in [-0.4, -0.2) is 358 Å². The largest absolute Gasteiger partial charge is 0.494 e. The van der Waals surface area contributed by atoms with Gasteiger partial charge in [-0.15, -0.1) is 0 Å². The van der Waals surface area contributed by atoms with Gasteiger partial charge in [0.2, 0.25) is 39.1 Å². The number of aliphatic hydroxyl groups excluding tert-OH is 2. The van der Waals surface area contributed by atoms with Crippen LogP contribution >= 0.6 is 0 Å². The number of hydrogen-bond acceptors (Lipinski definition) is 30. The van der Waals surface area contributed by atoms with E-state index in [4.69, 9.17) is 28.4 Å². The monoisotopic (exact) mass is 1700 g/mol. The molecule has 0 spiro atoms. The summed E-state index contributed by atoms with van der Waals surface area (Å²) in [4.78, 5) is 141. The highest BCUT2D eigenvalue weighted by Crippen LogP contribution is 2.29. The van der Waals surface area contributed by atoms with E-state index in [0.717, 1.165) is 5.56 Å². The lowest BCUT2D eigenvalue weighted by Gasteiger charge is -2.40. The van der Waals surface area contributed by atoms with E-state index < -0.39 is 170 Å². The third kappa shape index (κ3) is 33.5. The molecule has 0 bridgehead atoms. The fourth-order valence-corrected chi connectivity index (χ4v) is 15.7. The number of nitrogens with one attached hydrogen (secondary N) is 8. The number of pyridine rings is 1. The molecular formula is C69H104N14O30S3. The summed E-state index contributed by atoms with van der Waals surface area (Å²) >= 11 is 0. The van der Waals surface area contributed by atoms with Gasteiger partial charge in [0.05, 0.1) is 76.2 Å². The van der Waals surface area contributed by atoms with Crippen molar-refractivity contribution in [2.75, 3.05) is 169 Å². The van der Waals surface area contributed by atoms with Gasteiger partial charge >= 0.3 is 23.9 Å². The summed E-state index contributed by atoms with van der Waals surface area (Å²) < 4.78 is 130. The zero-order valence-corrected chi connectivity index (χ0v) is 66.7. The van der Waals surface area contributed by atoms with Gasteiger partial charge in [0.15, 0.2) is 12.2 Å². The molecule has 47 heteroatoms. The van der Waals surface area contributed by atoms with E-state index in [0.29, 0.717) is 49.8 Å². The fraction of sp³-hybridized carbons (Fsp3) is 0.609. The fourth-order valence-electron chi connectivity index (χ4n) is 12.4. The summed E-state index contributed by atoms with van der Waals surface area (Å²) in [6.07, 6.45) is -3.61. The van der Waals surface area contributed by atoms with Crippen LogP contribution in [0.15, 0.2) is 58.6 Å².